The van der Waals surface area contributed by atoms with Crippen molar-refractivity contribution in [2.24, 2.45) is 0 Å². The van der Waals surface area contributed by atoms with Crippen LogP contribution >= 0.6 is 0 Å². The van der Waals surface area contributed by atoms with E-state index in [0.29, 0.717) is 24.4 Å². The zero-order valence-electron chi connectivity index (χ0n) is 10.4. The highest BCUT2D eigenvalue weighted by atomic mass is 32.2. The van der Waals surface area contributed by atoms with Crippen molar-refractivity contribution in [2.45, 2.75) is 23.9 Å². The number of aromatic nitrogens is 2. The zero-order valence-corrected chi connectivity index (χ0v) is 11.2. The maximum absolute atomic E-state index is 13.4. The fourth-order valence-electron chi connectivity index (χ4n) is 2.31. The third-order valence-electron chi connectivity index (χ3n) is 3.27. The summed E-state index contributed by atoms with van der Waals surface area (Å²) in [5.41, 5.74) is 0.458. The summed E-state index contributed by atoms with van der Waals surface area (Å²) in [6.45, 7) is 0.331. The molecule has 1 aromatic heterocycles. The molecule has 0 fully saturated rings. The van der Waals surface area contributed by atoms with Gasteiger partial charge >= 0.3 is 0 Å². The molecule has 2 heterocycles. The van der Waals surface area contributed by atoms with Crippen molar-refractivity contribution in [3.05, 3.63) is 41.8 Å². The number of hydrogen-bond acceptors (Lipinski definition) is 6. The first-order chi connectivity index (χ1) is 9.56. The number of halogens is 1. The van der Waals surface area contributed by atoms with Gasteiger partial charge < -0.3 is 9.84 Å². The maximum Gasteiger partial charge on any atom is 0.213 e. The van der Waals surface area contributed by atoms with Crippen LogP contribution in [0.2, 0.25) is 0 Å². The van der Waals surface area contributed by atoms with Crippen LogP contribution in [0.1, 0.15) is 23.9 Å². The number of rotatable bonds is 3. The molecular formula is C12H12FN3O3S. The van der Waals surface area contributed by atoms with Crippen molar-refractivity contribution < 1.29 is 17.3 Å². The Morgan fingerprint density at radius 3 is 3.05 bits per heavy atom. The van der Waals surface area contributed by atoms with Crippen LogP contribution in [0.25, 0.3) is 0 Å². The molecule has 3 rings (SSSR count). The van der Waals surface area contributed by atoms with E-state index in [0.717, 1.165) is 6.07 Å². The molecule has 1 aliphatic heterocycles. The Labute approximate surface area is 114 Å². The number of fused-ring (bicyclic) bond motifs is 1. The lowest BCUT2D eigenvalue weighted by Gasteiger charge is -2.26. The van der Waals surface area contributed by atoms with Gasteiger partial charge in [0.25, 0.3) is 0 Å². The van der Waals surface area contributed by atoms with E-state index in [1.807, 2.05) is 0 Å². The van der Waals surface area contributed by atoms with Crippen LogP contribution < -0.4 is 5.32 Å². The van der Waals surface area contributed by atoms with Gasteiger partial charge in [0, 0.05) is 6.04 Å². The van der Waals surface area contributed by atoms with E-state index in [4.69, 9.17) is 0 Å². The van der Waals surface area contributed by atoms with E-state index in [-0.39, 0.29) is 16.7 Å². The number of benzene rings is 1. The fraction of sp³-hybridized carbons (Fsp3) is 0.333. The van der Waals surface area contributed by atoms with Gasteiger partial charge in [0.05, 0.1) is 17.2 Å². The van der Waals surface area contributed by atoms with Crippen LogP contribution in [-0.4, -0.2) is 24.3 Å². The molecule has 0 saturated carbocycles. The molecule has 0 bridgehead atoms. The lowest BCUT2D eigenvalue weighted by Crippen LogP contribution is -2.30. The van der Waals surface area contributed by atoms with E-state index in [2.05, 4.69) is 20.0 Å². The smallest absolute Gasteiger partial charge is 0.213 e. The molecule has 0 spiro atoms. The molecule has 8 heteroatoms. The van der Waals surface area contributed by atoms with Gasteiger partial charge in [0.1, 0.15) is 5.82 Å². The van der Waals surface area contributed by atoms with Gasteiger partial charge in [-0.05, 0) is 30.2 Å². The Morgan fingerprint density at radius 1 is 1.45 bits per heavy atom. The minimum atomic E-state index is -3.32. The normalized spacial score (nSPS) is 20.6. The first kappa shape index (κ1) is 13.2. The molecule has 1 aliphatic rings. The Kier molecular flexibility index (Phi) is 3.27. The lowest BCUT2D eigenvalue weighted by atomic mass is 10.0. The first-order valence-electron chi connectivity index (χ1n) is 6.07. The summed E-state index contributed by atoms with van der Waals surface area (Å²) in [7, 11) is -3.32. The van der Waals surface area contributed by atoms with Crippen LogP contribution in [-0.2, 0) is 16.4 Å². The highest BCUT2D eigenvalue weighted by Gasteiger charge is 2.30. The van der Waals surface area contributed by atoms with Gasteiger partial charge in [0.15, 0.2) is 15.7 Å². The molecule has 20 heavy (non-hydrogen) atoms. The molecule has 2 aromatic rings. The number of nitrogens with one attached hydrogen (secondary N) is 1. The fourth-order valence-corrected chi connectivity index (χ4v) is 3.91. The Balaban J connectivity index is 1.89. The number of nitrogens with zero attached hydrogens (tertiary/aromatic N) is 2. The minimum absolute atomic E-state index is 0.0372. The van der Waals surface area contributed by atoms with Crippen LogP contribution in [0.15, 0.2) is 34.0 Å². The van der Waals surface area contributed by atoms with Crippen molar-refractivity contribution >= 4 is 9.84 Å². The number of sulfone groups is 1. The molecule has 1 unspecified atom stereocenters. The molecule has 0 radical (unpaired) electrons. The Hall–Kier alpha value is -1.80. The van der Waals surface area contributed by atoms with Crippen LogP contribution in [0.3, 0.4) is 0 Å². The molecule has 0 aliphatic carbocycles. The second-order valence-electron chi connectivity index (χ2n) is 4.57. The quantitative estimate of drug-likeness (QED) is 0.857. The zero-order chi connectivity index (χ0) is 14.2. The van der Waals surface area contributed by atoms with Crippen LogP contribution in [0, 0.1) is 5.82 Å². The predicted molar refractivity (Wildman–Crippen MR) is 66.9 cm³/mol. The molecule has 6 nitrogen and oxygen atoms in total. The standard InChI is InChI=1S/C12H12FN3O3S/c13-8-1-2-11-9(5-8)10(3-4-20(11,17)18)14-6-12-15-7-19-16-12/h1-2,5,7,10,14H,3-4,6H2. The van der Waals surface area contributed by atoms with E-state index in [1.54, 1.807) is 0 Å². The first-order valence-corrected chi connectivity index (χ1v) is 7.72. The summed E-state index contributed by atoms with van der Waals surface area (Å²) >= 11 is 0. The summed E-state index contributed by atoms with van der Waals surface area (Å²) in [4.78, 5) is 4.06. The van der Waals surface area contributed by atoms with Gasteiger partial charge in [-0.1, -0.05) is 5.16 Å². The average molecular weight is 297 g/mol. The summed E-state index contributed by atoms with van der Waals surface area (Å²) in [5, 5.41) is 6.79. The maximum atomic E-state index is 13.4. The van der Waals surface area contributed by atoms with Gasteiger partial charge in [-0.25, -0.2) is 12.8 Å². The molecular weight excluding hydrogens is 285 g/mol. The topological polar surface area (TPSA) is 85.1 Å². The molecule has 1 N–H and O–H groups in total. The van der Waals surface area contributed by atoms with Crippen molar-refractivity contribution in [2.75, 3.05) is 5.75 Å². The second-order valence-corrected chi connectivity index (χ2v) is 6.65. The highest BCUT2D eigenvalue weighted by molar-refractivity contribution is 7.91. The van der Waals surface area contributed by atoms with Crippen molar-refractivity contribution in [1.82, 2.24) is 15.5 Å². The largest absolute Gasteiger partial charge is 0.343 e. The SMILES string of the molecule is O=S1(=O)CCC(NCc2ncon2)c2cc(F)ccc21. The van der Waals surface area contributed by atoms with E-state index in [1.165, 1.54) is 18.5 Å². The predicted octanol–water partition coefficient (Wildman–Crippen LogP) is 1.22. The lowest BCUT2D eigenvalue weighted by molar-refractivity contribution is 0.401. The summed E-state index contributed by atoms with van der Waals surface area (Å²) in [6.07, 6.45) is 1.60. The van der Waals surface area contributed by atoms with Gasteiger partial charge in [-0.15, -0.1) is 0 Å². The van der Waals surface area contributed by atoms with E-state index < -0.39 is 15.7 Å². The monoisotopic (exact) mass is 297 g/mol. The number of hydrogen-bond donors (Lipinski definition) is 1. The van der Waals surface area contributed by atoms with E-state index in [9.17, 15) is 12.8 Å². The van der Waals surface area contributed by atoms with Gasteiger partial charge in [-0.3, -0.25) is 0 Å². The minimum Gasteiger partial charge on any atom is -0.343 e. The molecule has 0 amide bonds. The van der Waals surface area contributed by atoms with Gasteiger partial charge in [0.2, 0.25) is 6.39 Å². The molecule has 1 aromatic carbocycles. The van der Waals surface area contributed by atoms with Crippen molar-refractivity contribution in [3.63, 3.8) is 0 Å². The third-order valence-corrected chi connectivity index (χ3v) is 5.09. The summed E-state index contributed by atoms with van der Waals surface area (Å²) < 4.78 is 41.9. The average Bonchev–Trinajstić information content (AvgIpc) is 2.90. The van der Waals surface area contributed by atoms with Crippen LogP contribution in [0.5, 0.6) is 0 Å². The molecule has 1 atom stereocenters. The van der Waals surface area contributed by atoms with E-state index >= 15 is 0 Å². The van der Waals surface area contributed by atoms with Crippen LogP contribution in [0.4, 0.5) is 4.39 Å². The summed E-state index contributed by atoms with van der Waals surface area (Å²) in [5.74, 6) is 0.0545. The Morgan fingerprint density at radius 2 is 2.30 bits per heavy atom. The third kappa shape index (κ3) is 2.44. The second kappa shape index (κ2) is 4.95. The summed E-state index contributed by atoms with van der Waals surface area (Å²) in [6, 6.07) is 3.50. The Bertz CT molecular complexity index is 716. The molecule has 106 valence electrons. The van der Waals surface area contributed by atoms with Crippen molar-refractivity contribution in [3.8, 4) is 0 Å². The van der Waals surface area contributed by atoms with Gasteiger partial charge in [-0.2, -0.15) is 4.98 Å². The van der Waals surface area contributed by atoms with Crippen molar-refractivity contribution in [1.29, 1.82) is 0 Å². The highest BCUT2D eigenvalue weighted by Crippen LogP contribution is 2.32. The molecule has 0 saturated heterocycles.